The summed E-state index contributed by atoms with van der Waals surface area (Å²) in [7, 11) is 0. The Kier molecular flexibility index (Phi) is 5.77. The van der Waals surface area contributed by atoms with Gasteiger partial charge in [0.15, 0.2) is 0 Å². The molecule has 2 rings (SSSR count). The van der Waals surface area contributed by atoms with Crippen molar-refractivity contribution in [3.63, 3.8) is 0 Å². The second kappa shape index (κ2) is 7.82. The smallest absolute Gasteiger partial charge is 0.254 e. The van der Waals surface area contributed by atoms with E-state index in [-0.39, 0.29) is 0 Å². The van der Waals surface area contributed by atoms with Gasteiger partial charge in [0.2, 0.25) is 0 Å². The van der Waals surface area contributed by atoms with Crippen molar-refractivity contribution in [2.75, 3.05) is 11.9 Å². The van der Waals surface area contributed by atoms with Gasteiger partial charge in [-0.3, -0.25) is 0 Å². The van der Waals surface area contributed by atoms with E-state index >= 15 is 0 Å². The summed E-state index contributed by atoms with van der Waals surface area (Å²) in [6.45, 7) is 5.55. The van der Waals surface area contributed by atoms with Crippen molar-refractivity contribution in [1.82, 2.24) is 19.6 Å². The van der Waals surface area contributed by atoms with Crippen LogP contribution in [0, 0.1) is 5.92 Å². The summed E-state index contributed by atoms with van der Waals surface area (Å²) in [5.41, 5.74) is 0. The lowest BCUT2D eigenvalue weighted by Crippen LogP contribution is -2.08. The maximum atomic E-state index is 4.16. The zero-order valence-electron chi connectivity index (χ0n) is 12.5. The van der Waals surface area contributed by atoms with E-state index in [1.807, 2.05) is 6.07 Å². The van der Waals surface area contributed by atoms with Gasteiger partial charge >= 0.3 is 0 Å². The zero-order chi connectivity index (χ0) is 14.2. The highest BCUT2D eigenvalue weighted by atomic mass is 15.3. The number of nitrogens with one attached hydrogen (secondary N) is 1. The number of hydrogen-bond donors (Lipinski definition) is 1. The Balaban J connectivity index is 1.72. The highest BCUT2D eigenvalue weighted by molar-refractivity contribution is 5.41. The van der Waals surface area contributed by atoms with Gasteiger partial charge in [-0.05, 0) is 18.4 Å². The van der Waals surface area contributed by atoms with Crippen LogP contribution in [0.15, 0.2) is 18.6 Å². The van der Waals surface area contributed by atoms with Crippen molar-refractivity contribution in [3.8, 4) is 0 Å². The van der Waals surface area contributed by atoms with Gasteiger partial charge < -0.3 is 5.32 Å². The van der Waals surface area contributed by atoms with Gasteiger partial charge in [0, 0.05) is 12.7 Å². The van der Waals surface area contributed by atoms with Crippen molar-refractivity contribution < 1.29 is 0 Å². The normalized spacial score (nSPS) is 12.7. The summed E-state index contributed by atoms with van der Waals surface area (Å²) in [6.07, 6.45) is 11.1. The molecule has 5 heteroatoms. The summed E-state index contributed by atoms with van der Waals surface area (Å²) < 4.78 is 1.74. The number of aromatic nitrogens is 4. The van der Waals surface area contributed by atoms with Gasteiger partial charge in [0.1, 0.15) is 12.1 Å². The van der Waals surface area contributed by atoms with Crippen LogP contribution in [0.3, 0.4) is 0 Å². The molecule has 1 atom stereocenters. The minimum Gasteiger partial charge on any atom is -0.370 e. The van der Waals surface area contributed by atoms with E-state index < -0.39 is 0 Å². The standard InChI is InChI=1S/C15H25N5/c1-3-7-13(4-2)8-5-6-10-16-14-9-11-17-15-18-12-19-20(14)15/h9,11-13,16H,3-8,10H2,1-2H3. The van der Waals surface area contributed by atoms with Gasteiger partial charge in [-0.1, -0.05) is 46.0 Å². The number of hydrogen-bond acceptors (Lipinski definition) is 4. The maximum absolute atomic E-state index is 4.16. The van der Waals surface area contributed by atoms with Crippen molar-refractivity contribution >= 4 is 11.6 Å². The summed E-state index contributed by atoms with van der Waals surface area (Å²) in [6, 6.07) is 1.94. The van der Waals surface area contributed by atoms with E-state index in [0.717, 1.165) is 18.3 Å². The van der Waals surface area contributed by atoms with Crippen molar-refractivity contribution in [2.45, 2.75) is 52.4 Å². The van der Waals surface area contributed by atoms with Gasteiger partial charge in [-0.15, -0.1) is 0 Å². The van der Waals surface area contributed by atoms with Crippen LogP contribution in [0.5, 0.6) is 0 Å². The van der Waals surface area contributed by atoms with Crippen LogP contribution in [-0.2, 0) is 0 Å². The maximum Gasteiger partial charge on any atom is 0.254 e. The monoisotopic (exact) mass is 275 g/mol. The Bertz CT molecular complexity index is 508. The van der Waals surface area contributed by atoms with E-state index in [1.165, 1.54) is 44.9 Å². The van der Waals surface area contributed by atoms with Crippen LogP contribution in [0.25, 0.3) is 5.78 Å². The molecule has 1 unspecified atom stereocenters. The van der Waals surface area contributed by atoms with Crippen LogP contribution in [0.2, 0.25) is 0 Å². The molecule has 0 aromatic carbocycles. The third-order valence-corrected chi connectivity index (χ3v) is 3.80. The molecule has 0 saturated heterocycles. The Hall–Kier alpha value is -1.65. The molecule has 0 aliphatic rings. The number of rotatable bonds is 9. The van der Waals surface area contributed by atoms with Crippen molar-refractivity contribution in [2.24, 2.45) is 5.92 Å². The number of nitrogens with zero attached hydrogens (tertiary/aromatic N) is 4. The molecule has 0 spiro atoms. The molecule has 2 aromatic heterocycles. The van der Waals surface area contributed by atoms with E-state index in [1.54, 1.807) is 10.7 Å². The fraction of sp³-hybridized carbons (Fsp3) is 0.667. The zero-order valence-corrected chi connectivity index (χ0v) is 12.5. The molecule has 1 N–H and O–H groups in total. The topological polar surface area (TPSA) is 55.1 Å². The average molecular weight is 275 g/mol. The SMILES string of the molecule is CCCC(CC)CCCCNc1ccnc2ncnn12. The highest BCUT2D eigenvalue weighted by Gasteiger charge is 2.05. The minimum atomic E-state index is 0.643. The Morgan fingerprint density at radius 3 is 2.90 bits per heavy atom. The van der Waals surface area contributed by atoms with Crippen LogP contribution < -0.4 is 5.32 Å². The van der Waals surface area contributed by atoms with E-state index in [4.69, 9.17) is 0 Å². The number of fused-ring (bicyclic) bond motifs is 1. The molecule has 0 saturated carbocycles. The molecule has 110 valence electrons. The van der Waals surface area contributed by atoms with E-state index in [9.17, 15) is 0 Å². The lowest BCUT2D eigenvalue weighted by molar-refractivity contribution is 0.416. The molecule has 0 bridgehead atoms. The summed E-state index contributed by atoms with van der Waals surface area (Å²) >= 11 is 0. The van der Waals surface area contributed by atoms with Crippen LogP contribution in [0.1, 0.15) is 52.4 Å². The fourth-order valence-corrected chi connectivity index (χ4v) is 2.61. The molecule has 5 nitrogen and oxygen atoms in total. The predicted molar refractivity (Wildman–Crippen MR) is 81.8 cm³/mol. The lowest BCUT2D eigenvalue weighted by Gasteiger charge is -2.13. The molecule has 20 heavy (non-hydrogen) atoms. The first-order chi connectivity index (χ1) is 9.85. The second-order valence-corrected chi connectivity index (χ2v) is 5.29. The Morgan fingerprint density at radius 1 is 1.20 bits per heavy atom. The first-order valence-corrected chi connectivity index (χ1v) is 7.73. The second-order valence-electron chi connectivity index (χ2n) is 5.29. The molecular weight excluding hydrogens is 250 g/mol. The molecule has 0 fully saturated rings. The summed E-state index contributed by atoms with van der Waals surface area (Å²) in [5.74, 6) is 2.51. The summed E-state index contributed by atoms with van der Waals surface area (Å²) in [4.78, 5) is 8.23. The van der Waals surface area contributed by atoms with Crippen LogP contribution >= 0.6 is 0 Å². The molecule has 2 heterocycles. The molecule has 0 amide bonds. The number of anilines is 1. The van der Waals surface area contributed by atoms with Crippen LogP contribution in [-0.4, -0.2) is 26.1 Å². The van der Waals surface area contributed by atoms with Gasteiger partial charge in [0.25, 0.3) is 5.78 Å². The Labute approximate surface area is 120 Å². The Morgan fingerprint density at radius 2 is 2.10 bits per heavy atom. The third kappa shape index (κ3) is 3.92. The third-order valence-electron chi connectivity index (χ3n) is 3.80. The van der Waals surface area contributed by atoms with Crippen molar-refractivity contribution in [3.05, 3.63) is 18.6 Å². The molecule has 0 aliphatic heterocycles. The first-order valence-electron chi connectivity index (χ1n) is 7.73. The van der Waals surface area contributed by atoms with E-state index in [0.29, 0.717) is 5.78 Å². The predicted octanol–water partition coefficient (Wildman–Crippen LogP) is 3.53. The quantitative estimate of drug-likeness (QED) is 0.711. The fourth-order valence-electron chi connectivity index (χ4n) is 2.61. The number of unbranched alkanes of at least 4 members (excludes halogenated alkanes) is 1. The van der Waals surface area contributed by atoms with E-state index in [2.05, 4.69) is 34.2 Å². The van der Waals surface area contributed by atoms with Gasteiger partial charge in [-0.2, -0.15) is 14.6 Å². The average Bonchev–Trinajstić information content (AvgIpc) is 2.95. The molecule has 0 aliphatic carbocycles. The molecule has 2 aromatic rings. The van der Waals surface area contributed by atoms with Crippen molar-refractivity contribution in [1.29, 1.82) is 0 Å². The van der Waals surface area contributed by atoms with Crippen LogP contribution in [0.4, 0.5) is 5.82 Å². The first kappa shape index (κ1) is 14.8. The minimum absolute atomic E-state index is 0.643. The van der Waals surface area contributed by atoms with Gasteiger partial charge in [0.05, 0.1) is 0 Å². The largest absolute Gasteiger partial charge is 0.370 e. The van der Waals surface area contributed by atoms with Gasteiger partial charge in [-0.25, -0.2) is 4.98 Å². The molecule has 0 radical (unpaired) electrons. The highest BCUT2D eigenvalue weighted by Crippen LogP contribution is 2.18. The lowest BCUT2D eigenvalue weighted by atomic mass is 9.95. The molecular formula is C15H25N5. The summed E-state index contributed by atoms with van der Waals surface area (Å²) in [5, 5.41) is 7.58.